The van der Waals surface area contributed by atoms with Gasteiger partial charge in [0, 0.05) is 28.0 Å². The zero-order chi connectivity index (χ0) is 27.5. The zero-order valence-corrected chi connectivity index (χ0v) is 22.4. The van der Waals surface area contributed by atoms with Gasteiger partial charge in [0.05, 0.1) is 50.8 Å². The van der Waals surface area contributed by atoms with Crippen LogP contribution in [0, 0.1) is 6.92 Å². The van der Waals surface area contributed by atoms with Crippen molar-refractivity contribution in [2.75, 3.05) is 27.9 Å². The number of benzene rings is 3. The van der Waals surface area contributed by atoms with Crippen molar-refractivity contribution in [2.45, 2.75) is 19.4 Å². The largest absolute Gasteiger partial charge is 0.493 e. The Morgan fingerprint density at radius 3 is 2.38 bits per heavy atom. The number of aromatic nitrogens is 2. The van der Waals surface area contributed by atoms with E-state index in [1.165, 1.54) is 0 Å². The average molecular weight is 526 g/mol. The van der Waals surface area contributed by atoms with Gasteiger partial charge in [-0.3, -0.25) is 4.79 Å². The van der Waals surface area contributed by atoms with E-state index in [1.807, 2.05) is 55.6 Å². The number of methoxy groups -OCH3 is 3. The number of pyridine rings is 1. The normalized spacial score (nSPS) is 11.9. The molecule has 1 atom stereocenters. The van der Waals surface area contributed by atoms with E-state index in [0.29, 0.717) is 51.4 Å². The molecule has 5 rings (SSSR count). The van der Waals surface area contributed by atoms with Crippen molar-refractivity contribution >= 4 is 27.7 Å². The van der Waals surface area contributed by atoms with Crippen molar-refractivity contribution < 1.29 is 24.1 Å². The maximum atomic E-state index is 13.7. The number of carbonyl (C=O) groups is 1. The van der Waals surface area contributed by atoms with Gasteiger partial charge >= 0.3 is 0 Å². The van der Waals surface area contributed by atoms with Crippen LogP contribution in [0.4, 0.5) is 0 Å². The quantitative estimate of drug-likeness (QED) is 0.249. The summed E-state index contributed by atoms with van der Waals surface area (Å²) >= 11 is 0. The van der Waals surface area contributed by atoms with Crippen LogP contribution in [-0.4, -0.2) is 55.0 Å². The summed E-state index contributed by atoms with van der Waals surface area (Å²) in [5.74, 6) is 1.15. The molecule has 0 unspecified atom stereocenters. The lowest BCUT2D eigenvalue weighted by Crippen LogP contribution is -2.39. The van der Waals surface area contributed by atoms with Crippen LogP contribution in [0.15, 0.2) is 66.9 Å². The first-order chi connectivity index (χ1) is 19.0. The molecule has 3 aromatic carbocycles. The van der Waals surface area contributed by atoms with Gasteiger partial charge in [0.25, 0.3) is 5.91 Å². The number of rotatable bonds is 9. The second-order valence-electron chi connectivity index (χ2n) is 9.35. The van der Waals surface area contributed by atoms with Crippen LogP contribution in [0.25, 0.3) is 33.1 Å². The van der Waals surface area contributed by atoms with Crippen LogP contribution in [0.5, 0.6) is 17.2 Å². The predicted molar refractivity (Wildman–Crippen MR) is 152 cm³/mol. The molecule has 5 aromatic rings. The Kier molecular flexibility index (Phi) is 7.38. The number of nitrogens with zero attached hydrogens (tertiary/aromatic N) is 1. The van der Waals surface area contributed by atoms with Gasteiger partial charge in [0.2, 0.25) is 5.75 Å². The Bertz CT molecular complexity index is 1630. The molecule has 0 bridgehead atoms. The highest BCUT2D eigenvalue weighted by atomic mass is 16.5. The second kappa shape index (κ2) is 11.0. The smallest absolute Gasteiger partial charge is 0.252 e. The lowest BCUT2D eigenvalue weighted by Gasteiger charge is -2.18. The number of nitrogens with one attached hydrogen (secondary N) is 2. The van der Waals surface area contributed by atoms with Crippen molar-refractivity contribution in [3.63, 3.8) is 0 Å². The minimum atomic E-state index is -0.478. The fraction of sp³-hybridized carbons (Fsp3) is 0.226. The third-order valence-corrected chi connectivity index (χ3v) is 6.95. The number of para-hydroxylation sites is 2. The molecule has 2 heterocycles. The summed E-state index contributed by atoms with van der Waals surface area (Å²) in [5.41, 5.74) is 5.64. The van der Waals surface area contributed by atoms with E-state index < -0.39 is 6.04 Å². The van der Waals surface area contributed by atoms with Gasteiger partial charge in [-0.1, -0.05) is 36.4 Å². The Hall–Kier alpha value is -4.56. The molecule has 3 N–H and O–H groups in total. The van der Waals surface area contributed by atoms with Crippen molar-refractivity contribution in [2.24, 2.45) is 0 Å². The molecule has 0 radical (unpaired) electrons. The van der Waals surface area contributed by atoms with Crippen molar-refractivity contribution in [1.29, 1.82) is 0 Å². The molecule has 0 fully saturated rings. The van der Waals surface area contributed by atoms with Crippen LogP contribution in [0.1, 0.15) is 21.5 Å². The van der Waals surface area contributed by atoms with Gasteiger partial charge in [-0.15, -0.1) is 0 Å². The molecular weight excluding hydrogens is 494 g/mol. The zero-order valence-electron chi connectivity index (χ0n) is 22.4. The van der Waals surface area contributed by atoms with Gasteiger partial charge < -0.3 is 29.6 Å². The summed E-state index contributed by atoms with van der Waals surface area (Å²) < 4.78 is 16.5. The van der Waals surface area contributed by atoms with Gasteiger partial charge in [-0.05, 0) is 48.7 Å². The van der Waals surface area contributed by atoms with Crippen LogP contribution < -0.4 is 19.5 Å². The highest BCUT2D eigenvalue weighted by Crippen LogP contribution is 2.41. The minimum absolute atomic E-state index is 0.201. The molecule has 0 spiro atoms. The number of carbonyl (C=O) groups excluding carboxylic acids is 1. The third-order valence-electron chi connectivity index (χ3n) is 6.95. The van der Waals surface area contributed by atoms with Crippen LogP contribution in [0.3, 0.4) is 0 Å². The summed E-state index contributed by atoms with van der Waals surface area (Å²) in [5, 5.41) is 15.0. The van der Waals surface area contributed by atoms with E-state index in [4.69, 9.17) is 19.2 Å². The molecule has 2 aromatic heterocycles. The first kappa shape index (κ1) is 26.1. The number of hydrogen-bond donors (Lipinski definition) is 3. The highest BCUT2D eigenvalue weighted by molar-refractivity contribution is 6.07. The molecule has 0 aliphatic heterocycles. The van der Waals surface area contributed by atoms with E-state index >= 15 is 0 Å². The number of aliphatic hydroxyl groups is 1. The number of aromatic amines is 1. The Morgan fingerprint density at radius 1 is 0.974 bits per heavy atom. The number of amides is 1. The maximum Gasteiger partial charge on any atom is 0.252 e. The van der Waals surface area contributed by atoms with Gasteiger partial charge in [-0.2, -0.15) is 0 Å². The number of H-pyrrole nitrogens is 1. The topological polar surface area (TPSA) is 106 Å². The SMILES string of the molecule is COc1cc(-c2cc(C(=O)N[C@@H](CO)Cc3c[nH]c4c(C)cccc34)c3ccccc3n2)cc(OC)c1OC. The molecule has 8 nitrogen and oxygen atoms in total. The number of ether oxygens (including phenoxy) is 3. The van der Waals surface area contributed by atoms with E-state index in [-0.39, 0.29) is 12.5 Å². The second-order valence-corrected chi connectivity index (χ2v) is 9.35. The molecule has 0 saturated heterocycles. The van der Waals surface area contributed by atoms with Crippen LogP contribution >= 0.6 is 0 Å². The Labute approximate surface area is 226 Å². The van der Waals surface area contributed by atoms with Crippen molar-refractivity contribution in [3.8, 4) is 28.5 Å². The summed E-state index contributed by atoms with van der Waals surface area (Å²) in [7, 11) is 4.65. The van der Waals surface area contributed by atoms with Crippen LogP contribution in [0.2, 0.25) is 0 Å². The minimum Gasteiger partial charge on any atom is -0.493 e. The summed E-state index contributed by atoms with van der Waals surface area (Å²) in [6, 6.07) is 18.5. The fourth-order valence-corrected chi connectivity index (χ4v) is 4.96. The average Bonchev–Trinajstić information content (AvgIpc) is 3.39. The molecule has 200 valence electrons. The summed E-state index contributed by atoms with van der Waals surface area (Å²) in [6.07, 6.45) is 2.42. The lowest BCUT2D eigenvalue weighted by atomic mass is 10.0. The molecule has 0 aliphatic carbocycles. The van der Waals surface area contributed by atoms with Crippen molar-refractivity contribution in [1.82, 2.24) is 15.3 Å². The molecule has 39 heavy (non-hydrogen) atoms. The molecule has 0 saturated carbocycles. The number of aryl methyl sites for hydroxylation is 1. The van der Waals surface area contributed by atoms with Gasteiger partial charge in [0.1, 0.15) is 0 Å². The fourth-order valence-electron chi connectivity index (χ4n) is 4.96. The third kappa shape index (κ3) is 4.98. The van der Waals surface area contributed by atoms with E-state index in [0.717, 1.165) is 22.0 Å². The van der Waals surface area contributed by atoms with Gasteiger partial charge in [0.15, 0.2) is 11.5 Å². The monoisotopic (exact) mass is 525 g/mol. The number of fused-ring (bicyclic) bond motifs is 2. The van der Waals surface area contributed by atoms with Crippen molar-refractivity contribution in [3.05, 3.63) is 83.6 Å². The molecule has 0 aliphatic rings. The Morgan fingerprint density at radius 2 is 1.69 bits per heavy atom. The first-order valence-corrected chi connectivity index (χ1v) is 12.6. The maximum absolute atomic E-state index is 13.7. The molecular formula is C31H31N3O5. The van der Waals surface area contributed by atoms with E-state index in [2.05, 4.69) is 10.3 Å². The Balaban J connectivity index is 1.51. The van der Waals surface area contributed by atoms with Crippen LogP contribution in [-0.2, 0) is 6.42 Å². The molecule has 1 amide bonds. The highest BCUT2D eigenvalue weighted by Gasteiger charge is 2.21. The predicted octanol–water partition coefficient (Wildman–Crippen LogP) is 5.05. The number of hydrogen-bond acceptors (Lipinski definition) is 6. The van der Waals surface area contributed by atoms with E-state index in [1.54, 1.807) is 39.5 Å². The summed E-state index contributed by atoms with van der Waals surface area (Å²) in [6.45, 7) is 1.85. The summed E-state index contributed by atoms with van der Waals surface area (Å²) in [4.78, 5) is 21.8. The molecule has 8 heteroatoms. The first-order valence-electron chi connectivity index (χ1n) is 12.6. The van der Waals surface area contributed by atoms with Gasteiger partial charge in [-0.25, -0.2) is 4.98 Å². The standard InChI is InChI=1S/C31H31N3O5/c1-18-8-7-10-22-20(16-32-29(18)22)12-21(17-35)33-31(36)24-15-26(34-25-11-6-5-9-23(24)25)19-13-27(37-2)30(39-4)28(14-19)38-3/h5-11,13-16,21,32,35H,12,17H2,1-4H3,(H,33,36)/t21-/m1/s1. The van der Waals surface area contributed by atoms with E-state index in [9.17, 15) is 9.90 Å². The number of aliphatic hydroxyl groups excluding tert-OH is 1. The lowest BCUT2D eigenvalue weighted by molar-refractivity contribution is 0.0918.